The number of benzene rings is 1. The lowest BCUT2D eigenvalue weighted by Gasteiger charge is -2.03. The number of hydrogen-bond acceptors (Lipinski definition) is 4. The van der Waals surface area contributed by atoms with Crippen LogP contribution in [0, 0.1) is 5.82 Å². The van der Waals surface area contributed by atoms with E-state index in [1.165, 1.54) is 16.9 Å². The van der Waals surface area contributed by atoms with Gasteiger partial charge in [0.2, 0.25) is 0 Å². The minimum Gasteiger partial charge on any atom is -0.350 e. The third kappa shape index (κ3) is 4.01. The normalized spacial score (nSPS) is 10.5. The summed E-state index contributed by atoms with van der Waals surface area (Å²) in [6, 6.07) is 12.1. The molecule has 0 radical (unpaired) electrons. The average Bonchev–Trinajstić information content (AvgIpc) is 3.07. The van der Waals surface area contributed by atoms with Crippen LogP contribution in [0.5, 0.6) is 0 Å². The summed E-state index contributed by atoms with van der Waals surface area (Å²) in [5.74, 6) is -0.625. The van der Waals surface area contributed by atoms with Gasteiger partial charge in [0, 0.05) is 30.4 Å². The second-order valence-electron chi connectivity index (χ2n) is 5.22. The Kier molecular flexibility index (Phi) is 4.90. The third-order valence-corrected chi connectivity index (χ3v) is 3.45. The molecular weight excluding hydrogens is 309 g/mol. The first-order chi connectivity index (χ1) is 11.7. The molecule has 0 bridgehead atoms. The van der Waals surface area contributed by atoms with E-state index in [-0.39, 0.29) is 24.0 Å². The molecule has 3 aromatic rings. The van der Waals surface area contributed by atoms with Gasteiger partial charge in [-0.15, -0.1) is 5.10 Å². The molecule has 1 aromatic carbocycles. The molecule has 0 atom stereocenters. The van der Waals surface area contributed by atoms with E-state index in [9.17, 15) is 9.18 Å². The van der Waals surface area contributed by atoms with E-state index in [4.69, 9.17) is 0 Å². The van der Waals surface area contributed by atoms with Gasteiger partial charge in [-0.25, -0.2) is 9.07 Å². The number of nitrogens with one attached hydrogen (secondary N) is 1. The fourth-order valence-corrected chi connectivity index (χ4v) is 2.22. The zero-order valence-corrected chi connectivity index (χ0v) is 12.9. The summed E-state index contributed by atoms with van der Waals surface area (Å²) in [6.45, 7) is 0.677. The highest BCUT2D eigenvalue weighted by Gasteiger charge is 2.11. The maximum atomic E-state index is 13.6. The maximum Gasteiger partial charge on any atom is 0.273 e. The molecule has 3 rings (SSSR count). The van der Waals surface area contributed by atoms with Crippen molar-refractivity contribution in [1.29, 1.82) is 0 Å². The zero-order chi connectivity index (χ0) is 16.8. The molecule has 1 N–H and O–H groups in total. The molecule has 122 valence electrons. The van der Waals surface area contributed by atoms with Crippen LogP contribution in [0.1, 0.15) is 21.7 Å². The van der Waals surface area contributed by atoms with Gasteiger partial charge in [0.1, 0.15) is 5.82 Å². The molecule has 2 heterocycles. The van der Waals surface area contributed by atoms with Crippen molar-refractivity contribution in [2.45, 2.75) is 13.0 Å². The van der Waals surface area contributed by atoms with Crippen molar-refractivity contribution in [1.82, 2.24) is 25.3 Å². The molecule has 0 spiro atoms. The number of rotatable bonds is 6. The first-order valence-corrected chi connectivity index (χ1v) is 7.54. The molecule has 24 heavy (non-hydrogen) atoms. The van der Waals surface area contributed by atoms with Gasteiger partial charge >= 0.3 is 0 Å². The van der Waals surface area contributed by atoms with Crippen molar-refractivity contribution >= 4 is 5.91 Å². The van der Waals surface area contributed by atoms with Crippen LogP contribution in [-0.2, 0) is 13.0 Å². The van der Waals surface area contributed by atoms with Crippen molar-refractivity contribution in [2.75, 3.05) is 6.54 Å². The number of pyridine rings is 1. The zero-order valence-electron chi connectivity index (χ0n) is 12.9. The van der Waals surface area contributed by atoms with Crippen molar-refractivity contribution in [3.8, 4) is 0 Å². The number of carbonyl (C=O) groups excluding carboxylic acids is 1. The Balaban J connectivity index is 1.55. The molecule has 1 amide bonds. The Hall–Kier alpha value is -3.09. The number of halogens is 1. The summed E-state index contributed by atoms with van der Waals surface area (Å²) in [5.41, 5.74) is 1.60. The summed E-state index contributed by atoms with van der Waals surface area (Å²) in [5, 5.41) is 10.5. The number of hydrogen-bond donors (Lipinski definition) is 1. The topological polar surface area (TPSA) is 72.7 Å². The monoisotopic (exact) mass is 325 g/mol. The van der Waals surface area contributed by atoms with Crippen LogP contribution in [0.3, 0.4) is 0 Å². The summed E-state index contributed by atoms with van der Waals surface area (Å²) in [4.78, 5) is 16.2. The van der Waals surface area contributed by atoms with Crippen molar-refractivity contribution in [3.63, 3.8) is 0 Å². The average molecular weight is 325 g/mol. The van der Waals surface area contributed by atoms with E-state index >= 15 is 0 Å². The highest BCUT2D eigenvalue weighted by Crippen LogP contribution is 2.08. The molecule has 0 aliphatic heterocycles. The lowest BCUT2D eigenvalue weighted by Crippen LogP contribution is -2.26. The third-order valence-electron chi connectivity index (χ3n) is 3.45. The standard InChI is InChI=1S/C17H16FN5O/c18-15-7-2-1-5-13(15)11-23-12-16(21-22-23)17(24)20-10-8-14-6-3-4-9-19-14/h1-7,9,12H,8,10-11H2,(H,20,24). The van der Waals surface area contributed by atoms with Crippen LogP contribution in [0.4, 0.5) is 4.39 Å². The molecule has 7 heteroatoms. The number of amides is 1. The van der Waals surface area contributed by atoms with E-state index < -0.39 is 0 Å². The molecule has 2 aromatic heterocycles. The van der Waals surface area contributed by atoms with Crippen LogP contribution in [0.25, 0.3) is 0 Å². The Labute approximate surface area is 138 Å². The molecule has 0 aliphatic carbocycles. The summed E-state index contributed by atoms with van der Waals surface area (Å²) in [6.07, 6.45) is 3.85. The number of nitrogens with zero attached hydrogens (tertiary/aromatic N) is 4. The largest absolute Gasteiger partial charge is 0.350 e. The molecule has 0 unspecified atom stereocenters. The van der Waals surface area contributed by atoms with E-state index in [2.05, 4.69) is 20.6 Å². The molecular formula is C17H16FN5O. The first kappa shape index (κ1) is 15.8. The molecule has 0 aliphatic rings. The Morgan fingerprint density at radius 1 is 1.17 bits per heavy atom. The molecule has 6 nitrogen and oxygen atoms in total. The van der Waals surface area contributed by atoms with Gasteiger partial charge in [-0.05, 0) is 18.2 Å². The summed E-state index contributed by atoms with van der Waals surface area (Å²) >= 11 is 0. The van der Waals surface area contributed by atoms with Crippen molar-refractivity contribution in [3.05, 3.63) is 77.6 Å². The first-order valence-electron chi connectivity index (χ1n) is 7.54. The quantitative estimate of drug-likeness (QED) is 0.750. The van der Waals surface area contributed by atoms with E-state index in [0.29, 0.717) is 18.5 Å². The lowest BCUT2D eigenvalue weighted by atomic mass is 10.2. The summed E-state index contributed by atoms with van der Waals surface area (Å²) in [7, 11) is 0. The van der Waals surface area contributed by atoms with Gasteiger partial charge in [-0.2, -0.15) is 0 Å². The van der Waals surface area contributed by atoms with Gasteiger partial charge < -0.3 is 5.32 Å². The van der Waals surface area contributed by atoms with Crippen LogP contribution in [-0.4, -0.2) is 32.4 Å². The smallest absolute Gasteiger partial charge is 0.273 e. The predicted octanol–water partition coefficient (Wildman–Crippen LogP) is 1.83. The van der Waals surface area contributed by atoms with Crippen molar-refractivity contribution < 1.29 is 9.18 Å². The second-order valence-corrected chi connectivity index (χ2v) is 5.22. The molecule has 0 saturated carbocycles. The predicted molar refractivity (Wildman–Crippen MR) is 85.8 cm³/mol. The van der Waals surface area contributed by atoms with Gasteiger partial charge in [0.15, 0.2) is 5.69 Å². The van der Waals surface area contributed by atoms with Crippen LogP contribution in [0.15, 0.2) is 54.9 Å². The van der Waals surface area contributed by atoms with Crippen molar-refractivity contribution in [2.24, 2.45) is 0 Å². The van der Waals surface area contributed by atoms with Gasteiger partial charge in [0.25, 0.3) is 5.91 Å². The van der Waals surface area contributed by atoms with Crippen LogP contribution >= 0.6 is 0 Å². The molecule has 0 fully saturated rings. The number of carbonyl (C=O) groups is 1. The van der Waals surface area contributed by atoms with Gasteiger partial charge in [-0.3, -0.25) is 9.78 Å². The van der Waals surface area contributed by atoms with E-state index in [0.717, 1.165) is 5.69 Å². The highest BCUT2D eigenvalue weighted by atomic mass is 19.1. The Morgan fingerprint density at radius 2 is 2.00 bits per heavy atom. The minimum atomic E-state index is -0.314. The van der Waals surface area contributed by atoms with E-state index in [1.807, 2.05) is 18.2 Å². The van der Waals surface area contributed by atoms with Crippen LogP contribution < -0.4 is 5.32 Å². The lowest BCUT2D eigenvalue weighted by molar-refractivity contribution is 0.0949. The Morgan fingerprint density at radius 3 is 2.79 bits per heavy atom. The Bertz CT molecular complexity index is 819. The fraction of sp³-hybridized carbons (Fsp3) is 0.176. The van der Waals surface area contributed by atoms with Gasteiger partial charge in [0.05, 0.1) is 12.7 Å². The fourth-order valence-electron chi connectivity index (χ4n) is 2.22. The van der Waals surface area contributed by atoms with E-state index in [1.54, 1.807) is 24.4 Å². The number of aromatic nitrogens is 4. The molecule has 0 saturated heterocycles. The summed E-state index contributed by atoms with van der Waals surface area (Å²) < 4.78 is 15.1. The minimum absolute atomic E-state index is 0.201. The maximum absolute atomic E-state index is 13.6. The van der Waals surface area contributed by atoms with Gasteiger partial charge in [-0.1, -0.05) is 29.5 Å². The SMILES string of the molecule is O=C(NCCc1ccccn1)c1cn(Cc2ccccc2F)nn1. The highest BCUT2D eigenvalue weighted by molar-refractivity contribution is 5.91. The second kappa shape index (κ2) is 7.45. The van der Waals surface area contributed by atoms with Crippen LogP contribution in [0.2, 0.25) is 0 Å².